The molecule has 0 nitrogen and oxygen atoms in total. The zero-order valence-corrected chi connectivity index (χ0v) is 12.8. The molecule has 0 heterocycles. The lowest BCUT2D eigenvalue weighted by atomic mass is 10.0. The van der Waals surface area contributed by atoms with Crippen LogP contribution in [-0.2, 0) is 0 Å². The number of aryl methyl sites for hydroxylation is 2. The molecule has 0 saturated heterocycles. The second-order valence-electron chi connectivity index (χ2n) is 5.66. The fourth-order valence-electron chi connectivity index (χ4n) is 1.98. The SMILES string of the molecule is Cc1ccc(-c2ccc(S(C)(C)C)cc2)cc1C. The molecule has 96 valence electrons. The number of benzene rings is 2. The van der Waals surface area contributed by atoms with Gasteiger partial charge in [0.1, 0.15) is 0 Å². The minimum absolute atomic E-state index is 0.617. The highest BCUT2D eigenvalue weighted by Crippen LogP contribution is 2.45. The molecule has 2 aromatic rings. The predicted molar refractivity (Wildman–Crippen MR) is 85.0 cm³/mol. The van der Waals surface area contributed by atoms with E-state index in [1.165, 1.54) is 27.1 Å². The van der Waals surface area contributed by atoms with E-state index < -0.39 is 10.0 Å². The third kappa shape index (κ3) is 2.78. The average molecular weight is 258 g/mol. The Hall–Kier alpha value is -1.21. The van der Waals surface area contributed by atoms with Crippen molar-refractivity contribution >= 4 is 10.0 Å². The van der Waals surface area contributed by atoms with Crippen molar-refractivity contribution in [3.05, 3.63) is 53.6 Å². The van der Waals surface area contributed by atoms with E-state index >= 15 is 0 Å². The van der Waals surface area contributed by atoms with E-state index in [1.54, 1.807) is 0 Å². The molecule has 0 spiro atoms. The van der Waals surface area contributed by atoms with Crippen LogP contribution in [0.3, 0.4) is 0 Å². The van der Waals surface area contributed by atoms with Crippen LogP contribution in [0.4, 0.5) is 0 Å². The van der Waals surface area contributed by atoms with Crippen molar-refractivity contribution in [2.45, 2.75) is 18.7 Å². The van der Waals surface area contributed by atoms with Gasteiger partial charge in [-0.05, 0) is 71.9 Å². The molecule has 0 aliphatic heterocycles. The fraction of sp³-hybridized carbons (Fsp3) is 0.294. The van der Waals surface area contributed by atoms with Gasteiger partial charge in [-0.2, -0.15) is 0 Å². The highest BCUT2D eigenvalue weighted by atomic mass is 32.3. The molecule has 2 rings (SSSR count). The summed E-state index contributed by atoms with van der Waals surface area (Å²) in [6.45, 7) is 4.33. The first-order valence-electron chi connectivity index (χ1n) is 6.24. The average Bonchev–Trinajstić information content (AvgIpc) is 2.32. The second-order valence-corrected chi connectivity index (χ2v) is 9.81. The Bertz CT molecular complexity index is 545. The maximum atomic E-state index is 2.33. The Kier molecular flexibility index (Phi) is 3.54. The van der Waals surface area contributed by atoms with Crippen molar-refractivity contribution in [2.75, 3.05) is 18.8 Å². The van der Waals surface area contributed by atoms with Crippen molar-refractivity contribution < 1.29 is 0 Å². The summed E-state index contributed by atoms with van der Waals surface area (Å²) in [5.41, 5.74) is 5.34. The van der Waals surface area contributed by atoms with E-state index in [9.17, 15) is 0 Å². The Balaban J connectivity index is 2.37. The van der Waals surface area contributed by atoms with E-state index in [-0.39, 0.29) is 0 Å². The van der Waals surface area contributed by atoms with E-state index in [4.69, 9.17) is 0 Å². The van der Waals surface area contributed by atoms with Gasteiger partial charge in [0.15, 0.2) is 0 Å². The monoisotopic (exact) mass is 258 g/mol. The van der Waals surface area contributed by atoms with Gasteiger partial charge >= 0.3 is 0 Å². The van der Waals surface area contributed by atoms with Crippen LogP contribution in [0.2, 0.25) is 0 Å². The summed E-state index contributed by atoms with van der Waals surface area (Å²) < 4.78 is 0. The first-order valence-corrected chi connectivity index (χ1v) is 9.10. The smallest absolute Gasteiger partial charge is 0.0106 e. The van der Waals surface area contributed by atoms with Gasteiger partial charge in [-0.3, -0.25) is 0 Å². The van der Waals surface area contributed by atoms with Crippen molar-refractivity contribution in [1.29, 1.82) is 0 Å². The molecule has 0 radical (unpaired) electrons. The van der Waals surface area contributed by atoms with Crippen molar-refractivity contribution in [3.8, 4) is 11.1 Å². The zero-order chi connectivity index (χ0) is 13.3. The first kappa shape index (κ1) is 13.2. The van der Waals surface area contributed by atoms with Crippen LogP contribution in [0.5, 0.6) is 0 Å². The second kappa shape index (κ2) is 4.81. The van der Waals surface area contributed by atoms with E-state index in [0.717, 1.165) is 0 Å². The fourth-order valence-corrected chi connectivity index (χ4v) is 2.93. The molecule has 0 amide bonds. The van der Waals surface area contributed by atoms with E-state index in [1.807, 2.05) is 0 Å². The predicted octanol–water partition coefficient (Wildman–Crippen LogP) is 5.02. The highest BCUT2D eigenvalue weighted by molar-refractivity contribution is 8.32. The van der Waals surface area contributed by atoms with Crippen LogP contribution in [0, 0.1) is 13.8 Å². The Morgan fingerprint density at radius 1 is 0.667 bits per heavy atom. The summed E-state index contributed by atoms with van der Waals surface area (Å²) in [6.07, 6.45) is 6.99. The zero-order valence-electron chi connectivity index (χ0n) is 11.9. The molecular formula is C17H22S. The molecule has 0 atom stereocenters. The van der Waals surface area contributed by atoms with Gasteiger partial charge in [0.2, 0.25) is 0 Å². The van der Waals surface area contributed by atoms with Crippen molar-refractivity contribution in [3.63, 3.8) is 0 Å². The van der Waals surface area contributed by atoms with Crippen LogP contribution in [0.1, 0.15) is 11.1 Å². The number of hydrogen-bond donors (Lipinski definition) is 0. The number of hydrogen-bond acceptors (Lipinski definition) is 0. The van der Waals surface area contributed by atoms with Crippen molar-refractivity contribution in [1.82, 2.24) is 0 Å². The summed E-state index contributed by atoms with van der Waals surface area (Å²) in [4.78, 5) is 1.47. The van der Waals surface area contributed by atoms with Crippen molar-refractivity contribution in [2.24, 2.45) is 0 Å². The van der Waals surface area contributed by atoms with Crippen LogP contribution in [0.25, 0.3) is 11.1 Å². The lowest BCUT2D eigenvalue weighted by molar-refractivity contribution is 1.34. The maximum absolute atomic E-state index is 2.33. The molecular weight excluding hydrogens is 236 g/mol. The summed E-state index contributed by atoms with van der Waals surface area (Å²) in [6, 6.07) is 15.7. The van der Waals surface area contributed by atoms with Crippen LogP contribution >= 0.6 is 10.0 Å². The van der Waals surface area contributed by atoms with Gasteiger partial charge in [-0.1, -0.05) is 30.3 Å². The summed E-state index contributed by atoms with van der Waals surface area (Å²) in [5.74, 6) is 0. The van der Waals surface area contributed by atoms with E-state index in [2.05, 4.69) is 75.1 Å². The highest BCUT2D eigenvalue weighted by Gasteiger charge is 2.07. The van der Waals surface area contributed by atoms with Gasteiger partial charge in [-0.15, -0.1) is 0 Å². The van der Waals surface area contributed by atoms with Crippen LogP contribution in [0.15, 0.2) is 47.4 Å². The summed E-state index contributed by atoms with van der Waals surface area (Å²) >= 11 is 0. The molecule has 0 fully saturated rings. The van der Waals surface area contributed by atoms with Gasteiger partial charge in [-0.25, -0.2) is 10.0 Å². The topological polar surface area (TPSA) is 0 Å². The van der Waals surface area contributed by atoms with Gasteiger partial charge in [0.05, 0.1) is 0 Å². The number of rotatable bonds is 2. The summed E-state index contributed by atoms with van der Waals surface area (Å²) in [7, 11) is -0.617. The molecule has 0 saturated carbocycles. The maximum Gasteiger partial charge on any atom is -0.0106 e. The quantitative estimate of drug-likeness (QED) is 0.709. The largest absolute Gasteiger partial charge is 0.223 e. The molecule has 2 aromatic carbocycles. The van der Waals surface area contributed by atoms with Crippen LogP contribution in [-0.4, -0.2) is 18.8 Å². The van der Waals surface area contributed by atoms with Crippen LogP contribution < -0.4 is 0 Å². The standard InChI is InChI=1S/C17H22S/c1-13-6-7-16(12-14(13)2)15-8-10-17(11-9-15)18(3,4)5/h6-12H,1-5H3. The molecule has 0 aromatic heterocycles. The minimum Gasteiger partial charge on any atom is -0.223 e. The molecule has 0 aliphatic carbocycles. The minimum atomic E-state index is -0.617. The lowest BCUT2D eigenvalue weighted by Gasteiger charge is -2.25. The summed E-state index contributed by atoms with van der Waals surface area (Å²) in [5, 5.41) is 0. The molecule has 0 N–H and O–H groups in total. The normalized spacial score (nSPS) is 12.5. The molecule has 0 unspecified atom stereocenters. The van der Waals surface area contributed by atoms with Gasteiger partial charge in [0, 0.05) is 0 Å². The Morgan fingerprint density at radius 3 is 1.72 bits per heavy atom. The molecule has 18 heavy (non-hydrogen) atoms. The Labute approximate surface area is 112 Å². The molecule has 0 aliphatic rings. The third-order valence-electron chi connectivity index (χ3n) is 3.40. The van der Waals surface area contributed by atoms with Gasteiger partial charge < -0.3 is 0 Å². The third-order valence-corrected chi connectivity index (χ3v) is 5.09. The Morgan fingerprint density at radius 2 is 1.22 bits per heavy atom. The van der Waals surface area contributed by atoms with E-state index in [0.29, 0.717) is 0 Å². The molecule has 0 bridgehead atoms. The first-order chi connectivity index (χ1) is 8.38. The molecule has 1 heteroatoms. The lowest BCUT2D eigenvalue weighted by Crippen LogP contribution is -1.92. The van der Waals surface area contributed by atoms with Gasteiger partial charge in [0.25, 0.3) is 0 Å².